The first kappa shape index (κ1) is 19.4. The van der Waals surface area contributed by atoms with Gasteiger partial charge in [-0.05, 0) is 68.7 Å². The first-order valence-electron chi connectivity index (χ1n) is 8.71. The van der Waals surface area contributed by atoms with E-state index >= 15 is 0 Å². The molecule has 0 unspecified atom stereocenters. The van der Waals surface area contributed by atoms with Crippen molar-refractivity contribution in [2.75, 3.05) is 5.43 Å². The summed E-state index contributed by atoms with van der Waals surface area (Å²) < 4.78 is 5.63. The van der Waals surface area contributed by atoms with Crippen molar-refractivity contribution >= 4 is 34.3 Å². The smallest absolute Gasteiger partial charge is 0.203 e. The minimum absolute atomic E-state index is 0.0834. The van der Waals surface area contributed by atoms with Gasteiger partial charge < -0.3 is 4.74 Å². The highest BCUT2D eigenvalue weighted by Gasteiger charge is 2.06. The van der Waals surface area contributed by atoms with E-state index in [4.69, 9.17) is 16.3 Å². The van der Waals surface area contributed by atoms with Crippen molar-refractivity contribution in [2.45, 2.75) is 33.8 Å². The zero-order valence-electron chi connectivity index (χ0n) is 15.8. The zero-order valence-corrected chi connectivity index (χ0v) is 17.4. The number of nitrogens with zero attached hydrogens (tertiary/aromatic N) is 2. The number of halogens is 1. The van der Waals surface area contributed by atoms with Crippen molar-refractivity contribution in [3.63, 3.8) is 0 Å². The molecule has 0 bridgehead atoms. The van der Waals surface area contributed by atoms with Crippen LogP contribution in [-0.4, -0.2) is 17.3 Å². The average Bonchev–Trinajstić information content (AvgIpc) is 3.08. The van der Waals surface area contributed by atoms with Gasteiger partial charge in [-0.15, -0.1) is 11.3 Å². The molecule has 1 aromatic heterocycles. The molecule has 0 aliphatic carbocycles. The van der Waals surface area contributed by atoms with Crippen molar-refractivity contribution in [3.05, 3.63) is 63.5 Å². The molecule has 0 saturated carbocycles. The molecule has 27 heavy (non-hydrogen) atoms. The number of hydrogen-bond acceptors (Lipinski definition) is 5. The first-order chi connectivity index (χ1) is 12.9. The summed E-state index contributed by atoms with van der Waals surface area (Å²) >= 11 is 7.77. The van der Waals surface area contributed by atoms with E-state index in [0.717, 1.165) is 22.0 Å². The predicted molar refractivity (Wildman–Crippen MR) is 115 cm³/mol. The molecule has 140 valence electrons. The van der Waals surface area contributed by atoms with Gasteiger partial charge in [-0.2, -0.15) is 5.10 Å². The summed E-state index contributed by atoms with van der Waals surface area (Å²) in [6.07, 6.45) is 1.79. The number of hydrazone groups is 1. The maximum absolute atomic E-state index is 6.25. The van der Waals surface area contributed by atoms with Crippen LogP contribution in [0.1, 0.15) is 30.5 Å². The molecule has 1 N–H and O–H groups in total. The Morgan fingerprint density at radius 3 is 2.67 bits per heavy atom. The van der Waals surface area contributed by atoms with Crippen molar-refractivity contribution in [1.29, 1.82) is 0 Å². The lowest BCUT2D eigenvalue weighted by Gasteiger charge is -2.11. The van der Waals surface area contributed by atoms with E-state index in [9.17, 15) is 0 Å². The maximum Gasteiger partial charge on any atom is 0.203 e. The molecule has 3 rings (SSSR count). The Kier molecular flexibility index (Phi) is 6.14. The fraction of sp³-hybridized carbons (Fsp3) is 0.238. The van der Waals surface area contributed by atoms with Crippen LogP contribution in [0.5, 0.6) is 5.75 Å². The summed E-state index contributed by atoms with van der Waals surface area (Å²) in [6.45, 7) is 8.15. The average molecular weight is 400 g/mol. The minimum Gasteiger partial charge on any atom is -0.489 e. The van der Waals surface area contributed by atoms with Gasteiger partial charge in [-0.3, -0.25) is 5.43 Å². The number of ether oxygens (including phenoxy) is 1. The Hall–Kier alpha value is -2.37. The van der Waals surface area contributed by atoms with E-state index in [1.807, 2.05) is 37.4 Å². The normalized spacial score (nSPS) is 11.3. The topological polar surface area (TPSA) is 46.5 Å². The summed E-state index contributed by atoms with van der Waals surface area (Å²) in [5.74, 6) is 0.676. The Labute approximate surface area is 168 Å². The fourth-order valence-electron chi connectivity index (χ4n) is 2.47. The van der Waals surface area contributed by atoms with Crippen LogP contribution in [0.2, 0.25) is 5.02 Å². The van der Waals surface area contributed by atoms with Crippen LogP contribution >= 0.6 is 22.9 Å². The lowest BCUT2D eigenvalue weighted by Crippen LogP contribution is -2.05. The van der Waals surface area contributed by atoms with Crippen molar-refractivity contribution in [1.82, 2.24) is 4.98 Å². The Morgan fingerprint density at radius 1 is 1.15 bits per heavy atom. The fourth-order valence-corrected chi connectivity index (χ4v) is 3.37. The third kappa shape index (κ3) is 5.08. The lowest BCUT2D eigenvalue weighted by atomic mass is 10.1. The number of aromatic nitrogens is 1. The molecule has 6 heteroatoms. The van der Waals surface area contributed by atoms with Gasteiger partial charge in [0.25, 0.3) is 0 Å². The van der Waals surface area contributed by atoms with E-state index in [2.05, 4.69) is 47.6 Å². The number of rotatable bonds is 6. The van der Waals surface area contributed by atoms with E-state index in [0.29, 0.717) is 10.8 Å². The minimum atomic E-state index is 0.0834. The molecular weight excluding hydrogens is 378 g/mol. The Bertz CT molecular complexity index is 966. The highest BCUT2D eigenvalue weighted by Crippen LogP contribution is 2.27. The standard InChI is InChI=1S/C21H22ClN3OS/c1-13(2)26-20-8-6-16(10-18(20)22)11-23-25-21-24-19(12-27-21)17-7-5-14(3)15(4)9-17/h5-13H,1-4H3,(H,24,25)/b23-11-. The SMILES string of the molecule is Cc1ccc(-c2csc(N/N=C\c3ccc(OC(C)C)c(Cl)c3)n2)cc1C. The largest absolute Gasteiger partial charge is 0.489 e. The van der Waals surface area contributed by atoms with E-state index in [1.165, 1.54) is 22.5 Å². The molecule has 3 aromatic rings. The quantitative estimate of drug-likeness (QED) is 0.390. The molecular formula is C21H22ClN3OS. The van der Waals surface area contributed by atoms with Crippen LogP contribution in [0, 0.1) is 13.8 Å². The molecule has 0 saturated heterocycles. The second kappa shape index (κ2) is 8.55. The van der Waals surface area contributed by atoms with Crippen molar-refractivity contribution in [2.24, 2.45) is 5.10 Å². The molecule has 1 heterocycles. The van der Waals surface area contributed by atoms with E-state index in [-0.39, 0.29) is 6.10 Å². The van der Waals surface area contributed by atoms with Gasteiger partial charge in [0.15, 0.2) is 0 Å². The molecule has 2 aromatic carbocycles. The van der Waals surface area contributed by atoms with Crippen LogP contribution in [0.4, 0.5) is 5.13 Å². The van der Waals surface area contributed by atoms with Crippen molar-refractivity contribution in [3.8, 4) is 17.0 Å². The monoisotopic (exact) mass is 399 g/mol. The van der Waals surface area contributed by atoms with Gasteiger partial charge in [0, 0.05) is 10.9 Å². The Morgan fingerprint density at radius 2 is 1.96 bits per heavy atom. The summed E-state index contributed by atoms with van der Waals surface area (Å²) in [5, 5.41) is 7.59. The van der Waals surface area contributed by atoms with E-state index < -0.39 is 0 Å². The summed E-state index contributed by atoms with van der Waals surface area (Å²) in [6, 6.07) is 12.0. The van der Waals surface area contributed by atoms with Crippen molar-refractivity contribution < 1.29 is 4.74 Å². The summed E-state index contributed by atoms with van der Waals surface area (Å²) in [5.41, 5.74) is 8.45. The lowest BCUT2D eigenvalue weighted by molar-refractivity contribution is 0.242. The molecule has 0 radical (unpaired) electrons. The third-order valence-corrected chi connectivity index (χ3v) is 5.04. The molecule has 0 fully saturated rings. The number of benzene rings is 2. The van der Waals surface area contributed by atoms with Gasteiger partial charge in [-0.25, -0.2) is 4.98 Å². The highest BCUT2D eigenvalue weighted by molar-refractivity contribution is 7.14. The zero-order chi connectivity index (χ0) is 19.4. The molecule has 0 atom stereocenters. The van der Waals surface area contributed by atoms with Gasteiger partial charge in [-0.1, -0.05) is 23.7 Å². The van der Waals surface area contributed by atoms with Gasteiger partial charge >= 0.3 is 0 Å². The predicted octanol–water partition coefficient (Wildman–Crippen LogP) is 6.31. The van der Waals surface area contributed by atoms with Gasteiger partial charge in [0.2, 0.25) is 5.13 Å². The second-order valence-corrected chi connectivity index (χ2v) is 7.83. The first-order valence-corrected chi connectivity index (χ1v) is 9.96. The number of thiazole rings is 1. The summed E-state index contributed by atoms with van der Waals surface area (Å²) in [4.78, 5) is 4.59. The summed E-state index contributed by atoms with van der Waals surface area (Å²) in [7, 11) is 0. The number of hydrogen-bond donors (Lipinski definition) is 1. The molecule has 0 aliphatic heterocycles. The number of aryl methyl sites for hydroxylation is 2. The third-order valence-electron chi connectivity index (χ3n) is 4.00. The second-order valence-electron chi connectivity index (χ2n) is 6.56. The van der Waals surface area contributed by atoms with Crippen LogP contribution in [-0.2, 0) is 0 Å². The van der Waals surface area contributed by atoms with Crippen LogP contribution in [0.25, 0.3) is 11.3 Å². The number of nitrogens with one attached hydrogen (secondary N) is 1. The number of anilines is 1. The maximum atomic E-state index is 6.25. The Balaban J connectivity index is 1.66. The van der Waals surface area contributed by atoms with Crippen LogP contribution in [0.3, 0.4) is 0 Å². The van der Waals surface area contributed by atoms with Gasteiger partial charge in [0.1, 0.15) is 5.75 Å². The van der Waals surface area contributed by atoms with Crippen LogP contribution in [0.15, 0.2) is 46.9 Å². The highest BCUT2D eigenvalue weighted by atomic mass is 35.5. The van der Waals surface area contributed by atoms with Crippen LogP contribution < -0.4 is 10.2 Å². The molecule has 0 spiro atoms. The molecule has 0 aliphatic rings. The molecule has 4 nitrogen and oxygen atoms in total. The van der Waals surface area contributed by atoms with Gasteiger partial charge in [0.05, 0.1) is 23.0 Å². The van der Waals surface area contributed by atoms with E-state index in [1.54, 1.807) is 6.21 Å². The molecule has 0 amide bonds.